The summed E-state index contributed by atoms with van der Waals surface area (Å²) in [6, 6.07) is 5.60. The van der Waals surface area contributed by atoms with Crippen LogP contribution in [0.15, 0.2) is 40.0 Å². The van der Waals surface area contributed by atoms with Crippen molar-refractivity contribution in [2.45, 2.75) is 0 Å². The Kier molecular flexibility index (Phi) is 1.96. The summed E-state index contributed by atoms with van der Waals surface area (Å²) in [6.07, 6.45) is 1.71. The van der Waals surface area contributed by atoms with Crippen molar-refractivity contribution in [2.24, 2.45) is 10.2 Å². The molecule has 0 spiro atoms. The first kappa shape index (κ1) is 7.17. The molecule has 2 heterocycles. The van der Waals surface area contributed by atoms with Gasteiger partial charge < -0.3 is 0 Å². The summed E-state index contributed by atoms with van der Waals surface area (Å²) < 4.78 is 0. The fourth-order valence-electron chi connectivity index (χ4n) is 0.735. The summed E-state index contributed by atoms with van der Waals surface area (Å²) in [7, 11) is 0. The van der Waals surface area contributed by atoms with Crippen molar-refractivity contribution in [3.8, 4) is 0 Å². The van der Waals surface area contributed by atoms with Crippen molar-refractivity contribution in [3.05, 3.63) is 29.8 Å². The molecule has 0 unspecified atom stereocenters. The van der Waals surface area contributed by atoms with Crippen LogP contribution in [0.2, 0.25) is 0 Å². The highest BCUT2D eigenvalue weighted by Crippen LogP contribution is 2.21. The third-order valence-electron chi connectivity index (χ3n) is 1.24. The highest BCUT2D eigenvalue weighted by Gasteiger charge is 1.90. The second kappa shape index (κ2) is 3.27. The van der Waals surface area contributed by atoms with Crippen LogP contribution in [0.25, 0.3) is 0 Å². The Balaban J connectivity index is 2.14. The molecule has 4 nitrogen and oxygen atoms in total. The van der Waals surface area contributed by atoms with Crippen molar-refractivity contribution in [1.82, 2.24) is 10.2 Å². The minimum absolute atomic E-state index is 0.600. The largest absolute Gasteiger partial charge is 0.283 e. The Labute approximate surface area is 73.0 Å². The Hall–Kier alpha value is -1.49. The fourth-order valence-corrected chi connectivity index (χ4v) is 1.28. The minimum Gasteiger partial charge on any atom is -0.283 e. The molecule has 0 aliphatic carbocycles. The predicted octanol–water partition coefficient (Wildman–Crippen LogP) is 2.89. The van der Waals surface area contributed by atoms with Crippen molar-refractivity contribution in [3.63, 3.8) is 0 Å². The lowest BCUT2D eigenvalue weighted by Gasteiger charge is -1.80. The maximum atomic E-state index is 3.97. The Morgan fingerprint density at radius 3 is 3.00 bits per heavy atom. The lowest BCUT2D eigenvalue weighted by atomic mass is 10.6. The highest BCUT2D eigenvalue weighted by molar-refractivity contribution is 7.13. The van der Waals surface area contributed by atoms with Crippen LogP contribution < -0.4 is 0 Å². The topological polar surface area (TPSA) is 53.4 Å². The molecule has 2 aromatic rings. The van der Waals surface area contributed by atoms with Gasteiger partial charge in [-0.3, -0.25) is 5.10 Å². The first-order chi connectivity index (χ1) is 5.95. The summed E-state index contributed by atoms with van der Waals surface area (Å²) in [5, 5.41) is 17.2. The molecule has 0 fully saturated rings. The fraction of sp³-hybridized carbons (Fsp3) is 0. The van der Waals surface area contributed by atoms with E-state index in [2.05, 4.69) is 20.4 Å². The van der Waals surface area contributed by atoms with E-state index < -0.39 is 0 Å². The Morgan fingerprint density at radius 2 is 2.33 bits per heavy atom. The van der Waals surface area contributed by atoms with Gasteiger partial charge >= 0.3 is 0 Å². The maximum absolute atomic E-state index is 3.97. The minimum atomic E-state index is 0.600. The van der Waals surface area contributed by atoms with Gasteiger partial charge in [0.05, 0.1) is 0 Å². The number of aromatic amines is 1. The molecule has 0 bridgehead atoms. The number of hydrogen-bond donors (Lipinski definition) is 1. The van der Waals surface area contributed by atoms with E-state index in [1.165, 1.54) is 0 Å². The van der Waals surface area contributed by atoms with Gasteiger partial charge in [0.15, 0.2) is 5.82 Å². The molecule has 0 amide bonds. The molecule has 0 atom stereocenters. The molecule has 0 saturated carbocycles. The Morgan fingerprint density at radius 1 is 1.33 bits per heavy atom. The van der Waals surface area contributed by atoms with Crippen molar-refractivity contribution in [2.75, 3.05) is 0 Å². The van der Waals surface area contributed by atoms with E-state index in [1.807, 2.05) is 17.5 Å². The van der Waals surface area contributed by atoms with Gasteiger partial charge in [-0.05, 0) is 17.5 Å². The van der Waals surface area contributed by atoms with Gasteiger partial charge in [0.25, 0.3) is 0 Å². The number of aromatic nitrogens is 2. The number of rotatable bonds is 2. The first-order valence-electron chi connectivity index (χ1n) is 3.40. The number of nitrogens with one attached hydrogen (secondary N) is 1. The van der Waals surface area contributed by atoms with Crippen molar-refractivity contribution >= 4 is 22.2 Å². The van der Waals surface area contributed by atoms with Crippen LogP contribution in [0, 0.1) is 0 Å². The zero-order valence-electron chi connectivity index (χ0n) is 6.14. The van der Waals surface area contributed by atoms with Gasteiger partial charge in [-0.25, -0.2) is 0 Å². The summed E-state index contributed by atoms with van der Waals surface area (Å²) in [6.45, 7) is 0. The lowest BCUT2D eigenvalue weighted by molar-refractivity contribution is 1.06. The van der Waals surface area contributed by atoms with Crippen molar-refractivity contribution in [1.29, 1.82) is 0 Å². The number of thiophene rings is 1. The van der Waals surface area contributed by atoms with Crippen LogP contribution in [0.4, 0.5) is 10.8 Å². The van der Waals surface area contributed by atoms with E-state index >= 15 is 0 Å². The number of hydrogen-bond acceptors (Lipinski definition) is 4. The number of H-pyrrole nitrogens is 1. The molecule has 2 aromatic heterocycles. The Bertz CT molecular complexity index is 312. The average molecular weight is 178 g/mol. The molecule has 0 aliphatic heterocycles. The molecule has 0 radical (unpaired) electrons. The van der Waals surface area contributed by atoms with Crippen LogP contribution in [-0.2, 0) is 0 Å². The molecule has 1 N–H and O–H groups in total. The molecular formula is C7H6N4S. The number of azo groups is 1. The predicted molar refractivity (Wildman–Crippen MR) is 47.1 cm³/mol. The summed E-state index contributed by atoms with van der Waals surface area (Å²) in [5.74, 6) is 0.600. The van der Waals surface area contributed by atoms with E-state index in [1.54, 1.807) is 23.6 Å². The molecule has 60 valence electrons. The number of nitrogens with zero attached hydrogens (tertiary/aromatic N) is 3. The molecule has 0 saturated heterocycles. The van der Waals surface area contributed by atoms with Crippen molar-refractivity contribution < 1.29 is 0 Å². The third-order valence-corrected chi connectivity index (χ3v) is 2.00. The monoisotopic (exact) mass is 178 g/mol. The SMILES string of the molecule is c1csc(N=Nc2cc[nH]n2)c1. The second-order valence-electron chi connectivity index (χ2n) is 2.08. The molecule has 2 rings (SSSR count). The highest BCUT2D eigenvalue weighted by atomic mass is 32.1. The van der Waals surface area contributed by atoms with E-state index in [0.717, 1.165) is 5.00 Å². The first-order valence-corrected chi connectivity index (χ1v) is 4.28. The van der Waals surface area contributed by atoms with Crippen LogP contribution in [0.3, 0.4) is 0 Å². The average Bonchev–Trinajstić information content (AvgIpc) is 2.74. The molecule has 5 heteroatoms. The smallest absolute Gasteiger partial charge is 0.195 e. The van der Waals surface area contributed by atoms with Crippen LogP contribution in [-0.4, -0.2) is 10.2 Å². The molecule has 0 aromatic carbocycles. The molecule has 12 heavy (non-hydrogen) atoms. The third kappa shape index (κ3) is 1.57. The van der Waals surface area contributed by atoms with E-state index in [9.17, 15) is 0 Å². The molecular weight excluding hydrogens is 172 g/mol. The summed E-state index contributed by atoms with van der Waals surface area (Å²) >= 11 is 1.55. The van der Waals surface area contributed by atoms with Gasteiger partial charge in [0, 0.05) is 12.3 Å². The van der Waals surface area contributed by atoms with Crippen LogP contribution in [0.1, 0.15) is 0 Å². The van der Waals surface area contributed by atoms with E-state index in [0.29, 0.717) is 5.82 Å². The quantitative estimate of drug-likeness (QED) is 0.706. The zero-order valence-corrected chi connectivity index (χ0v) is 6.95. The summed E-state index contributed by atoms with van der Waals surface area (Å²) in [4.78, 5) is 0. The van der Waals surface area contributed by atoms with Gasteiger partial charge in [-0.1, -0.05) is 0 Å². The van der Waals surface area contributed by atoms with Crippen LogP contribution in [0.5, 0.6) is 0 Å². The van der Waals surface area contributed by atoms with Gasteiger partial charge in [-0.2, -0.15) is 5.10 Å². The van der Waals surface area contributed by atoms with Gasteiger partial charge in [-0.15, -0.1) is 21.6 Å². The molecule has 0 aliphatic rings. The van der Waals surface area contributed by atoms with E-state index in [4.69, 9.17) is 0 Å². The van der Waals surface area contributed by atoms with E-state index in [-0.39, 0.29) is 0 Å². The maximum Gasteiger partial charge on any atom is 0.195 e. The van der Waals surface area contributed by atoms with Gasteiger partial charge in [0.1, 0.15) is 5.00 Å². The standard InChI is InChI=1S/C7H6N4S/c1-2-7(12-5-1)11-10-6-3-4-8-9-6/h1-5H,(H,8,9). The normalized spacial score (nSPS) is 11.0. The lowest BCUT2D eigenvalue weighted by Crippen LogP contribution is -1.61. The zero-order chi connectivity index (χ0) is 8.23. The second-order valence-corrected chi connectivity index (χ2v) is 3.01. The van der Waals surface area contributed by atoms with Crippen LogP contribution >= 0.6 is 11.3 Å². The summed E-state index contributed by atoms with van der Waals surface area (Å²) in [5.41, 5.74) is 0. The van der Waals surface area contributed by atoms with Gasteiger partial charge in [0.2, 0.25) is 0 Å².